The van der Waals surface area contributed by atoms with Crippen molar-refractivity contribution < 1.29 is 70.8 Å². The van der Waals surface area contributed by atoms with E-state index in [4.69, 9.17) is 4.74 Å². The summed E-state index contributed by atoms with van der Waals surface area (Å²) >= 11 is 0. The molecular formula is C14H16KN3O4. The van der Waals surface area contributed by atoms with Gasteiger partial charge in [-0.1, -0.05) is 12.2 Å². The van der Waals surface area contributed by atoms with Crippen molar-refractivity contribution in [2.24, 2.45) is 11.8 Å². The molecule has 0 radical (unpaired) electrons. The smallest absolute Gasteiger partial charge is 0.550 e. The van der Waals surface area contributed by atoms with Crippen molar-refractivity contribution in [3.8, 4) is 5.88 Å². The summed E-state index contributed by atoms with van der Waals surface area (Å²) in [6, 6.07) is 1.63. The number of allylic oxidation sites excluding steroid dienone is 2. The largest absolute Gasteiger partial charge is 1.00 e. The number of aryl methyl sites for hydroxylation is 1. The zero-order valence-corrected chi connectivity index (χ0v) is 16.0. The van der Waals surface area contributed by atoms with Gasteiger partial charge in [0.15, 0.2) is 0 Å². The minimum absolute atomic E-state index is 0. The molecule has 0 aromatic carbocycles. The Bertz CT molecular complexity index is 591. The van der Waals surface area contributed by atoms with Crippen LogP contribution in [0.15, 0.2) is 18.2 Å². The molecule has 1 N–H and O–H groups in total. The Balaban J connectivity index is 0.00000242. The van der Waals surface area contributed by atoms with Gasteiger partial charge in [0.05, 0.1) is 13.0 Å². The number of nitrogens with one attached hydrogen (secondary N) is 1. The van der Waals surface area contributed by atoms with Crippen LogP contribution in [0.2, 0.25) is 0 Å². The van der Waals surface area contributed by atoms with E-state index in [9.17, 15) is 14.7 Å². The maximum absolute atomic E-state index is 12.2. The van der Waals surface area contributed by atoms with Crippen LogP contribution < -0.4 is 66.5 Å². The van der Waals surface area contributed by atoms with Crippen LogP contribution in [0.3, 0.4) is 0 Å². The van der Waals surface area contributed by atoms with Crippen LogP contribution in [0.25, 0.3) is 0 Å². The molecular weight excluding hydrogens is 313 g/mol. The number of aliphatic carboxylic acids is 1. The molecule has 8 heteroatoms. The Hall–Kier alpha value is -0.804. The van der Waals surface area contributed by atoms with Gasteiger partial charge in [0.1, 0.15) is 0 Å². The van der Waals surface area contributed by atoms with Crippen LogP contribution in [-0.4, -0.2) is 29.0 Å². The summed E-state index contributed by atoms with van der Waals surface area (Å²) < 4.78 is 5.00. The first-order valence-corrected chi connectivity index (χ1v) is 6.57. The van der Waals surface area contributed by atoms with Crippen molar-refractivity contribution >= 4 is 17.8 Å². The number of anilines is 1. The molecule has 112 valence electrons. The first-order valence-electron chi connectivity index (χ1n) is 6.57. The first-order chi connectivity index (χ1) is 10.0. The molecule has 2 rings (SSSR count). The van der Waals surface area contributed by atoms with Gasteiger partial charge in [-0.15, -0.1) is 0 Å². The average Bonchev–Trinajstić information content (AvgIpc) is 2.46. The van der Waals surface area contributed by atoms with Crippen LogP contribution in [0, 0.1) is 18.8 Å². The van der Waals surface area contributed by atoms with Crippen LogP contribution in [0.5, 0.6) is 5.88 Å². The van der Waals surface area contributed by atoms with Crippen LogP contribution in [0.1, 0.15) is 18.5 Å². The molecule has 0 bridgehead atoms. The maximum atomic E-state index is 12.2. The van der Waals surface area contributed by atoms with Gasteiger partial charge in [-0.3, -0.25) is 10.1 Å². The SMILES string of the molecule is COc1cc(C)nc(NC(=O)[C@@H]2CC=CC[C@@H]2C(=O)[O-])n1.[K+]. The van der Waals surface area contributed by atoms with Crippen molar-refractivity contribution in [1.29, 1.82) is 0 Å². The van der Waals surface area contributed by atoms with Crippen molar-refractivity contribution in [2.75, 3.05) is 12.4 Å². The molecule has 1 aromatic rings. The fourth-order valence-corrected chi connectivity index (χ4v) is 2.27. The standard InChI is InChI=1S/C14H17N3O4.K/c1-8-7-11(21-2)16-14(15-8)17-12(18)9-5-3-4-6-10(9)13(19)20;/h3-4,7,9-10H,5-6H2,1-2H3,(H,19,20)(H,15,16,17,18);/q;+1/p-1/t9-,10+;/m1./s1. The predicted molar refractivity (Wildman–Crippen MR) is 72.3 cm³/mol. The van der Waals surface area contributed by atoms with Crippen LogP contribution >= 0.6 is 0 Å². The van der Waals surface area contributed by atoms with Crippen molar-refractivity contribution in [3.05, 3.63) is 23.9 Å². The Kier molecular flexibility index (Phi) is 7.64. The molecule has 1 aliphatic rings. The molecule has 2 atom stereocenters. The summed E-state index contributed by atoms with van der Waals surface area (Å²) in [7, 11) is 1.46. The second kappa shape index (κ2) is 8.73. The summed E-state index contributed by atoms with van der Waals surface area (Å²) in [5.74, 6) is -2.73. The third-order valence-electron chi connectivity index (χ3n) is 3.35. The Labute approximate surface area is 171 Å². The molecule has 1 heterocycles. The summed E-state index contributed by atoms with van der Waals surface area (Å²) in [4.78, 5) is 31.4. The summed E-state index contributed by atoms with van der Waals surface area (Å²) in [5, 5.41) is 13.6. The molecule has 22 heavy (non-hydrogen) atoms. The van der Waals surface area contributed by atoms with Gasteiger partial charge in [-0.25, -0.2) is 4.98 Å². The monoisotopic (exact) mass is 329 g/mol. The number of methoxy groups -OCH3 is 1. The van der Waals surface area contributed by atoms with Gasteiger partial charge >= 0.3 is 51.4 Å². The number of carbonyl (C=O) groups excluding carboxylic acids is 2. The zero-order valence-electron chi connectivity index (χ0n) is 12.8. The number of ether oxygens (including phenoxy) is 1. The average molecular weight is 329 g/mol. The third kappa shape index (κ3) is 4.85. The summed E-state index contributed by atoms with van der Waals surface area (Å²) in [6.07, 6.45) is 4.18. The number of carbonyl (C=O) groups is 2. The maximum Gasteiger partial charge on any atom is 1.00 e. The van der Waals surface area contributed by atoms with Gasteiger partial charge in [0.2, 0.25) is 17.7 Å². The quantitative estimate of drug-likeness (QED) is 0.468. The van der Waals surface area contributed by atoms with E-state index in [0.717, 1.165) is 0 Å². The second-order valence-corrected chi connectivity index (χ2v) is 4.84. The number of carboxylic acid groups (broad SMARTS) is 1. The van der Waals surface area contributed by atoms with Gasteiger partial charge < -0.3 is 14.6 Å². The summed E-state index contributed by atoms with van der Waals surface area (Å²) in [5.41, 5.74) is 0.636. The Morgan fingerprint density at radius 1 is 1.27 bits per heavy atom. The predicted octanol–water partition coefficient (Wildman–Crippen LogP) is -2.93. The zero-order chi connectivity index (χ0) is 15.4. The summed E-state index contributed by atoms with van der Waals surface area (Å²) in [6.45, 7) is 1.74. The third-order valence-corrected chi connectivity index (χ3v) is 3.35. The fraction of sp³-hybridized carbons (Fsp3) is 0.429. The molecule has 0 saturated heterocycles. The Morgan fingerprint density at radius 3 is 2.50 bits per heavy atom. The van der Waals surface area contributed by atoms with E-state index in [2.05, 4.69) is 15.3 Å². The Morgan fingerprint density at radius 2 is 1.91 bits per heavy atom. The topological polar surface area (TPSA) is 104 Å². The second-order valence-electron chi connectivity index (χ2n) is 4.84. The molecule has 0 spiro atoms. The van der Waals surface area contributed by atoms with E-state index >= 15 is 0 Å². The van der Waals surface area contributed by atoms with Crippen LogP contribution in [0.4, 0.5) is 5.95 Å². The van der Waals surface area contributed by atoms with E-state index < -0.39 is 23.7 Å². The van der Waals surface area contributed by atoms with Gasteiger partial charge in [-0.05, 0) is 19.8 Å². The number of nitrogens with zero attached hydrogens (tertiary/aromatic N) is 2. The minimum atomic E-state index is -1.22. The minimum Gasteiger partial charge on any atom is -0.550 e. The molecule has 1 aliphatic carbocycles. The van der Waals surface area contributed by atoms with Crippen molar-refractivity contribution in [3.63, 3.8) is 0 Å². The number of aromatic nitrogens is 2. The number of hydrogen-bond donors (Lipinski definition) is 1. The number of carboxylic acids is 1. The first kappa shape index (κ1) is 19.2. The molecule has 0 aliphatic heterocycles. The molecule has 0 fully saturated rings. The molecule has 1 aromatic heterocycles. The number of hydrogen-bond acceptors (Lipinski definition) is 6. The van der Waals surface area contributed by atoms with E-state index in [1.165, 1.54) is 7.11 Å². The van der Waals surface area contributed by atoms with E-state index in [1.807, 2.05) is 0 Å². The van der Waals surface area contributed by atoms with Crippen LogP contribution in [-0.2, 0) is 9.59 Å². The van der Waals surface area contributed by atoms with Gasteiger partial charge in [0.25, 0.3) is 0 Å². The molecule has 1 amide bonds. The van der Waals surface area contributed by atoms with E-state index in [1.54, 1.807) is 25.1 Å². The van der Waals surface area contributed by atoms with Gasteiger partial charge in [-0.2, -0.15) is 4.98 Å². The number of amides is 1. The molecule has 0 unspecified atom stereocenters. The normalized spacial score (nSPS) is 19.9. The number of rotatable bonds is 4. The molecule has 0 saturated carbocycles. The van der Waals surface area contributed by atoms with Gasteiger partial charge in [0, 0.05) is 23.6 Å². The van der Waals surface area contributed by atoms with Crippen molar-refractivity contribution in [2.45, 2.75) is 19.8 Å². The van der Waals surface area contributed by atoms with E-state index in [0.29, 0.717) is 24.4 Å². The van der Waals surface area contributed by atoms with E-state index in [-0.39, 0.29) is 57.3 Å². The molecule has 7 nitrogen and oxygen atoms in total. The fourth-order valence-electron chi connectivity index (χ4n) is 2.27. The van der Waals surface area contributed by atoms with Crippen molar-refractivity contribution in [1.82, 2.24) is 9.97 Å².